The third-order valence-corrected chi connectivity index (χ3v) is 8.78. The lowest BCUT2D eigenvalue weighted by Gasteiger charge is -2.33. The quantitative estimate of drug-likeness (QED) is 0.371. The molecule has 5 nitrogen and oxygen atoms in total. The minimum Gasteiger partial charge on any atom is -0.331 e. The molecule has 0 saturated carbocycles. The molecule has 2 aliphatic rings. The number of amides is 1. The van der Waals surface area contributed by atoms with Crippen LogP contribution in [0.5, 0.6) is 0 Å². The molecule has 0 radical (unpaired) electrons. The fraction of sp³-hybridized carbons (Fsp3) is 0.548. The summed E-state index contributed by atoms with van der Waals surface area (Å²) >= 11 is 12.2. The molecule has 2 aromatic rings. The standard InChI is InChI=1S/C31H41Cl2N3O2/c1-21(2)17-28(30(37)10-6-9-23-12-14-26(32)27(33)18-23)35-16-15-25(13-11-22-7-4-3-5-8-22)36-20-24(34)19-29(36)31(35)38/h3-5,7-8,12,14,18,21,24-25,28-29H,6,9-11,13,15-17,19-20,34H2,1-2H3/t24-,25?,28-,29+/m1/s1. The van der Waals surface area contributed by atoms with Gasteiger partial charge in [-0.1, -0.05) is 73.4 Å². The second-order valence-corrected chi connectivity index (χ2v) is 12.2. The van der Waals surface area contributed by atoms with Crippen LogP contribution in [-0.4, -0.2) is 58.7 Å². The van der Waals surface area contributed by atoms with Crippen LogP contribution >= 0.6 is 23.2 Å². The van der Waals surface area contributed by atoms with Gasteiger partial charge in [-0.25, -0.2) is 0 Å². The van der Waals surface area contributed by atoms with Gasteiger partial charge in [0, 0.05) is 31.6 Å². The number of benzene rings is 2. The number of rotatable bonds is 11. The molecule has 0 aromatic heterocycles. The van der Waals surface area contributed by atoms with Crippen LogP contribution in [0.25, 0.3) is 0 Å². The predicted octanol–water partition coefficient (Wildman–Crippen LogP) is 5.94. The SMILES string of the molecule is CC(C)C[C@H](C(=O)CCCc1ccc(Cl)c(Cl)c1)N1CCC(CCc2ccccc2)N2C[C@H](N)C[C@H]2C1=O. The Morgan fingerprint density at radius 2 is 1.82 bits per heavy atom. The van der Waals surface area contributed by atoms with Gasteiger partial charge in [0.15, 0.2) is 5.78 Å². The summed E-state index contributed by atoms with van der Waals surface area (Å²) in [4.78, 5) is 31.8. The Morgan fingerprint density at radius 1 is 1.05 bits per heavy atom. The number of Topliss-reactive ketones (excluding diaryl/α,β-unsaturated/α-hetero) is 1. The van der Waals surface area contributed by atoms with Gasteiger partial charge in [0.2, 0.25) is 5.91 Å². The van der Waals surface area contributed by atoms with E-state index in [9.17, 15) is 9.59 Å². The summed E-state index contributed by atoms with van der Waals surface area (Å²) < 4.78 is 0. The Bertz CT molecular complexity index is 1090. The maximum absolute atomic E-state index is 13.9. The topological polar surface area (TPSA) is 66.6 Å². The molecule has 2 saturated heterocycles. The van der Waals surface area contributed by atoms with Crippen molar-refractivity contribution in [2.45, 2.75) is 89.4 Å². The maximum atomic E-state index is 13.9. The van der Waals surface area contributed by atoms with E-state index in [2.05, 4.69) is 43.0 Å². The molecule has 1 amide bonds. The van der Waals surface area contributed by atoms with Crippen LogP contribution in [0.3, 0.4) is 0 Å². The molecule has 0 bridgehead atoms. The lowest BCUT2D eigenvalue weighted by molar-refractivity contribution is -0.142. The number of hydrogen-bond acceptors (Lipinski definition) is 4. The molecular formula is C31H41Cl2N3O2. The van der Waals surface area contributed by atoms with E-state index < -0.39 is 0 Å². The van der Waals surface area contributed by atoms with Crippen molar-refractivity contribution in [3.05, 3.63) is 69.7 Å². The Balaban J connectivity index is 1.45. The van der Waals surface area contributed by atoms with Crippen molar-refractivity contribution >= 4 is 34.9 Å². The first-order valence-corrected chi connectivity index (χ1v) is 14.8. The fourth-order valence-corrected chi connectivity index (χ4v) is 6.42. The van der Waals surface area contributed by atoms with Gasteiger partial charge in [0.1, 0.15) is 0 Å². The average Bonchev–Trinajstić information content (AvgIpc) is 3.23. The van der Waals surface area contributed by atoms with Gasteiger partial charge in [-0.3, -0.25) is 14.5 Å². The third kappa shape index (κ3) is 7.38. The summed E-state index contributed by atoms with van der Waals surface area (Å²) in [5, 5.41) is 1.07. The largest absolute Gasteiger partial charge is 0.331 e. The molecule has 4 atom stereocenters. The molecule has 4 rings (SSSR count). The Labute approximate surface area is 237 Å². The molecule has 0 spiro atoms. The monoisotopic (exact) mass is 557 g/mol. The average molecular weight is 559 g/mol. The maximum Gasteiger partial charge on any atom is 0.240 e. The Kier molecular flexibility index (Phi) is 10.3. The van der Waals surface area contributed by atoms with Gasteiger partial charge in [-0.2, -0.15) is 0 Å². The van der Waals surface area contributed by atoms with Crippen LogP contribution < -0.4 is 5.73 Å². The highest BCUT2D eigenvalue weighted by Crippen LogP contribution is 2.31. The first kappa shape index (κ1) is 29.1. The summed E-state index contributed by atoms with van der Waals surface area (Å²) in [6.07, 6.45) is 6.08. The van der Waals surface area contributed by atoms with Crippen molar-refractivity contribution in [3.63, 3.8) is 0 Å². The van der Waals surface area contributed by atoms with Crippen molar-refractivity contribution in [2.24, 2.45) is 11.7 Å². The lowest BCUT2D eigenvalue weighted by atomic mass is 9.94. The van der Waals surface area contributed by atoms with Crippen LogP contribution in [0.15, 0.2) is 48.5 Å². The van der Waals surface area contributed by atoms with E-state index in [1.54, 1.807) is 6.07 Å². The minimum atomic E-state index is -0.386. The Morgan fingerprint density at radius 3 is 2.53 bits per heavy atom. The molecule has 2 N–H and O–H groups in total. The number of nitrogens with zero attached hydrogens (tertiary/aromatic N) is 2. The van der Waals surface area contributed by atoms with Crippen molar-refractivity contribution in [3.8, 4) is 0 Å². The fourth-order valence-electron chi connectivity index (χ4n) is 6.10. The van der Waals surface area contributed by atoms with Crippen LogP contribution in [0.2, 0.25) is 10.0 Å². The summed E-state index contributed by atoms with van der Waals surface area (Å²) in [5.74, 6) is 0.554. The number of hydrogen-bond donors (Lipinski definition) is 1. The summed E-state index contributed by atoms with van der Waals surface area (Å²) in [7, 11) is 0. The van der Waals surface area contributed by atoms with E-state index in [1.165, 1.54) is 5.56 Å². The molecular weight excluding hydrogens is 517 g/mol. The summed E-state index contributed by atoms with van der Waals surface area (Å²) in [5.41, 5.74) is 8.76. The van der Waals surface area contributed by atoms with E-state index in [0.29, 0.717) is 48.2 Å². The van der Waals surface area contributed by atoms with Gasteiger partial charge < -0.3 is 10.6 Å². The highest BCUT2D eigenvalue weighted by Gasteiger charge is 2.45. The van der Waals surface area contributed by atoms with E-state index in [0.717, 1.165) is 37.8 Å². The van der Waals surface area contributed by atoms with Gasteiger partial charge >= 0.3 is 0 Å². The minimum absolute atomic E-state index is 0.00595. The molecule has 38 heavy (non-hydrogen) atoms. The first-order valence-electron chi connectivity index (χ1n) is 14.0. The van der Waals surface area contributed by atoms with Crippen LogP contribution in [0, 0.1) is 5.92 Å². The highest BCUT2D eigenvalue weighted by molar-refractivity contribution is 6.42. The lowest BCUT2D eigenvalue weighted by Crippen LogP contribution is -2.51. The van der Waals surface area contributed by atoms with Gasteiger partial charge in [0.25, 0.3) is 0 Å². The molecule has 2 aromatic carbocycles. The number of carbonyl (C=O) groups is 2. The van der Waals surface area contributed by atoms with E-state index in [-0.39, 0.29) is 35.9 Å². The summed E-state index contributed by atoms with van der Waals surface area (Å²) in [6, 6.07) is 15.8. The number of aryl methyl sites for hydroxylation is 2. The molecule has 2 aliphatic heterocycles. The molecule has 2 heterocycles. The second kappa shape index (κ2) is 13.4. The van der Waals surface area contributed by atoms with Crippen LogP contribution in [0.4, 0.5) is 0 Å². The van der Waals surface area contributed by atoms with E-state index in [4.69, 9.17) is 28.9 Å². The van der Waals surface area contributed by atoms with Crippen molar-refractivity contribution < 1.29 is 9.59 Å². The zero-order chi connectivity index (χ0) is 27.2. The van der Waals surface area contributed by atoms with E-state index >= 15 is 0 Å². The molecule has 0 aliphatic carbocycles. The van der Waals surface area contributed by atoms with Crippen molar-refractivity contribution in [1.29, 1.82) is 0 Å². The molecule has 7 heteroatoms. The highest BCUT2D eigenvalue weighted by atomic mass is 35.5. The first-order chi connectivity index (χ1) is 18.2. The zero-order valence-electron chi connectivity index (χ0n) is 22.6. The van der Waals surface area contributed by atoms with E-state index in [1.807, 2.05) is 23.1 Å². The van der Waals surface area contributed by atoms with Gasteiger partial charge in [0.05, 0.1) is 22.1 Å². The van der Waals surface area contributed by atoms with Crippen molar-refractivity contribution in [2.75, 3.05) is 13.1 Å². The number of ketones is 1. The van der Waals surface area contributed by atoms with Crippen molar-refractivity contribution in [1.82, 2.24) is 9.80 Å². The number of nitrogens with two attached hydrogens (primary N) is 1. The van der Waals surface area contributed by atoms with Crippen LogP contribution in [0.1, 0.15) is 63.5 Å². The number of fused-ring (bicyclic) bond motifs is 1. The Hall–Kier alpha value is -1.92. The number of carbonyl (C=O) groups excluding carboxylic acids is 2. The van der Waals surface area contributed by atoms with Crippen LogP contribution in [-0.2, 0) is 22.4 Å². The number of halogens is 2. The second-order valence-electron chi connectivity index (χ2n) is 11.4. The molecule has 1 unspecified atom stereocenters. The molecule has 2 fully saturated rings. The zero-order valence-corrected chi connectivity index (χ0v) is 24.1. The third-order valence-electron chi connectivity index (χ3n) is 8.04. The summed E-state index contributed by atoms with van der Waals surface area (Å²) in [6.45, 7) is 5.62. The molecule has 206 valence electrons. The normalized spacial score (nSPS) is 22.9. The van der Waals surface area contributed by atoms with Gasteiger partial charge in [-0.05, 0) is 74.1 Å². The smallest absolute Gasteiger partial charge is 0.240 e. The van der Waals surface area contributed by atoms with Gasteiger partial charge in [-0.15, -0.1) is 0 Å². The predicted molar refractivity (Wildman–Crippen MR) is 156 cm³/mol.